The molecule has 2 heterocycles. The number of likely N-dealkylation sites (tertiary alicyclic amines) is 1. The van der Waals surface area contributed by atoms with Crippen LogP contribution in [0.25, 0.3) is 0 Å². The SMILES string of the molecule is NCC1CCN(Cc2ccc3c(c2)OCCCO3)C1. The molecule has 2 aliphatic heterocycles. The molecule has 1 aromatic carbocycles. The van der Waals surface area contributed by atoms with Crippen LogP contribution in [0.3, 0.4) is 0 Å². The minimum Gasteiger partial charge on any atom is -0.490 e. The van der Waals surface area contributed by atoms with Gasteiger partial charge in [0, 0.05) is 19.5 Å². The number of fused-ring (bicyclic) bond motifs is 1. The van der Waals surface area contributed by atoms with Gasteiger partial charge in [0.25, 0.3) is 0 Å². The van der Waals surface area contributed by atoms with E-state index in [9.17, 15) is 0 Å². The highest BCUT2D eigenvalue weighted by atomic mass is 16.5. The molecule has 0 bridgehead atoms. The molecule has 19 heavy (non-hydrogen) atoms. The lowest BCUT2D eigenvalue weighted by Crippen LogP contribution is -2.22. The maximum absolute atomic E-state index is 5.73. The number of ether oxygens (including phenoxy) is 2. The zero-order chi connectivity index (χ0) is 13.1. The van der Waals surface area contributed by atoms with Crippen molar-refractivity contribution in [2.45, 2.75) is 19.4 Å². The summed E-state index contributed by atoms with van der Waals surface area (Å²) in [6.45, 7) is 5.54. The van der Waals surface area contributed by atoms with Crippen LogP contribution in [0.15, 0.2) is 18.2 Å². The van der Waals surface area contributed by atoms with Gasteiger partial charge in [-0.05, 0) is 43.1 Å². The number of benzene rings is 1. The number of nitrogens with zero attached hydrogens (tertiary/aromatic N) is 1. The Morgan fingerprint density at radius 2 is 2.05 bits per heavy atom. The summed E-state index contributed by atoms with van der Waals surface area (Å²) in [6.07, 6.45) is 2.18. The lowest BCUT2D eigenvalue weighted by Gasteiger charge is -2.17. The fourth-order valence-corrected chi connectivity index (χ4v) is 2.81. The highest BCUT2D eigenvalue weighted by molar-refractivity contribution is 5.43. The van der Waals surface area contributed by atoms with Gasteiger partial charge in [-0.3, -0.25) is 4.90 Å². The van der Waals surface area contributed by atoms with Gasteiger partial charge in [-0.1, -0.05) is 6.07 Å². The van der Waals surface area contributed by atoms with Gasteiger partial charge in [0.1, 0.15) is 0 Å². The second-order valence-electron chi connectivity index (χ2n) is 5.46. The number of rotatable bonds is 3. The standard InChI is InChI=1S/C15H22N2O2/c16-9-13-4-5-17(11-13)10-12-2-3-14-15(8-12)19-7-1-6-18-14/h2-3,8,13H,1,4-7,9-11,16H2. The van der Waals surface area contributed by atoms with Crippen LogP contribution in [-0.4, -0.2) is 37.7 Å². The largest absolute Gasteiger partial charge is 0.490 e. The maximum atomic E-state index is 5.73. The van der Waals surface area contributed by atoms with Crippen LogP contribution in [0.2, 0.25) is 0 Å². The molecule has 0 spiro atoms. The Kier molecular flexibility index (Phi) is 3.89. The van der Waals surface area contributed by atoms with E-state index in [0.29, 0.717) is 5.92 Å². The highest BCUT2D eigenvalue weighted by Crippen LogP contribution is 2.31. The van der Waals surface area contributed by atoms with Gasteiger partial charge in [0.2, 0.25) is 0 Å². The second kappa shape index (κ2) is 5.80. The van der Waals surface area contributed by atoms with Crippen LogP contribution in [0.1, 0.15) is 18.4 Å². The van der Waals surface area contributed by atoms with E-state index < -0.39 is 0 Å². The quantitative estimate of drug-likeness (QED) is 0.899. The molecule has 1 fully saturated rings. The monoisotopic (exact) mass is 262 g/mol. The van der Waals surface area contributed by atoms with Crippen LogP contribution < -0.4 is 15.2 Å². The number of hydrogen-bond donors (Lipinski definition) is 1. The molecule has 0 saturated carbocycles. The first-order valence-electron chi connectivity index (χ1n) is 7.16. The second-order valence-corrected chi connectivity index (χ2v) is 5.46. The van der Waals surface area contributed by atoms with Crippen molar-refractivity contribution in [2.75, 3.05) is 32.8 Å². The van der Waals surface area contributed by atoms with E-state index in [1.165, 1.54) is 12.0 Å². The Morgan fingerprint density at radius 3 is 2.84 bits per heavy atom. The third kappa shape index (κ3) is 3.01. The third-order valence-electron chi connectivity index (χ3n) is 3.92. The molecule has 2 aliphatic rings. The van der Waals surface area contributed by atoms with Crippen molar-refractivity contribution in [3.63, 3.8) is 0 Å². The highest BCUT2D eigenvalue weighted by Gasteiger charge is 2.21. The van der Waals surface area contributed by atoms with Gasteiger partial charge in [-0.25, -0.2) is 0 Å². The molecule has 4 nitrogen and oxygen atoms in total. The van der Waals surface area contributed by atoms with E-state index in [0.717, 1.165) is 57.3 Å². The van der Waals surface area contributed by atoms with E-state index in [4.69, 9.17) is 15.2 Å². The zero-order valence-electron chi connectivity index (χ0n) is 11.3. The summed E-state index contributed by atoms with van der Waals surface area (Å²) < 4.78 is 11.4. The first-order valence-corrected chi connectivity index (χ1v) is 7.16. The summed E-state index contributed by atoms with van der Waals surface area (Å²) >= 11 is 0. The summed E-state index contributed by atoms with van der Waals surface area (Å²) in [5, 5.41) is 0. The van der Waals surface area contributed by atoms with Gasteiger partial charge >= 0.3 is 0 Å². The first kappa shape index (κ1) is 12.8. The van der Waals surface area contributed by atoms with E-state index in [1.54, 1.807) is 0 Å². The summed E-state index contributed by atoms with van der Waals surface area (Å²) in [5.74, 6) is 2.44. The van der Waals surface area contributed by atoms with Crippen LogP contribution in [-0.2, 0) is 6.54 Å². The topological polar surface area (TPSA) is 47.7 Å². The molecule has 1 unspecified atom stereocenters. The molecule has 0 amide bonds. The molecule has 104 valence electrons. The Labute approximate surface area is 114 Å². The van der Waals surface area contributed by atoms with Gasteiger partial charge in [0.15, 0.2) is 11.5 Å². The molecular formula is C15H22N2O2. The average molecular weight is 262 g/mol. The molecule has 0 aliphatic carbocycles. The lowest BCUT2D eigenvalue weighted by molar-refractivity contribution is 0.296. The Bertz CT molecular complexity index is 436. The van der Waals surface area contributed by atoms with Crippen LogP contribution in [0, 0.1) is 5.92 Å². The fourth-order valence-electron chi connectivity index (χ4n) is 2.81. The van der Waals surface area contributed by atoms with Crippen molar-refractivity contribution in [1.29, 1.82) is 0 Å². The Balaban J connectivity index is 1.67. The third-order valence-corrected chi connectivity index (χ3v) is 3.92. The zero-order valence-corrected chi connectivity index (χ0v) is 11.3. The van der Waals surface area contributed by atoms with E-state index in [-0.39, 0.29) is 0 Å². The minimum absolute atomic E-state index is 0.667. The van der Waals surface area contributed by atoms with Gasteiger partial charge in [-0.2, -0.15) is 0 Å². The van der Waals surface area contributed by atoms with Crippen molar-refractivity contribution in [1.82, 2.24) is 4.90 Å². The molecule has 0 aromatic heterocycles. The van der Waals surface area contributed by atoms with Crippen molar-refractivity contribution >= 4 is 0 Å². The summed E-state index contributed by atoms with van der Waals surface area (Å²) in [5.41, 5.74) is 7.03. The van der Waals surface area contributed by atoms with E-state index >= 15 is 0 Å². The first-order chi connectivity index (χ1) is 9.35. The molecule has 1 aromatic rings. The molecule has 1 atom stereocenters. The van der Waals surface area contributed by atoms with Gasteiger partial charge in [0.05, 0.1) is 13.2 Å². The summed E-state index contributed by atoms with van der Waals surface area (Å²) in [4.78, 5) is 2.47. The van der Waals surface area contributed by atoms with Crippen molar-refractivity contribution in [3.8, 4) is 11.5 Å². The minimum atomic E-state index is 0.667. The molecule has 3 rings (SSSR count). The average Bonchev–Trinajstić information content (AvgIpc) is 2.75. The van der Waals surface area contributed by atoms with Crippen molar-refractivity contribution in [3.05, 3.63) is 23.8 Å². The number of nitrogens with two attached hydrogens (primary N) is 1. The van der Waals surface area contributed by atoms with Gasteiger partial charge in [-0.15, -0.1) is 0 Å². The van der Waals surface area contributed by atoms with Crippen molar-refractivity contribution in [2.24, 2.45) is 11.7 Å². The van der Waals surface area contributed by atoms with Crippen LogP contribution in [0.4, 0.5) is 0 Å². The normalized spacial score (nSPS) is 23.3. The molecule has 0 radical (unpaired) electrons. The predicted octanol–water partition coefficient (Wildman–Crippen LogP) is 1.63. The fraction of sp³-hybridized carbons (Fsp3) is 0.600. The lowest BCUT2D eigenvalue weighted by atomic mass is 10.1. The number of hydrogen-bond acceptors (Lipinski definition) is 4. The summed E-state index contributed by atoms with van der Waals surface area (Å²) in [7, 11) is 0. The molecule has 1 saturated heterocycles. The molecule has 2 N–H and O–H groups in total. The Hall–Kier alpha value is -1.26. The summed E-state index contributed by atoms with van der Waals surface area (Å²) in [6, 6.07) is 6.30. The van der Waals surface area contributed by atoms with E-state index in [2.05, 4.69) is 17.0 Å². The molecular weight excluding hydrogens is 240 g/mol. The maximum Gasteiger partial charge on any atom is 0.161 e. The van der Waals surface area contributed by atoms with E-state index in [1.807, 2.05) is 6.07 Å². The molecule has 4 heteroatoms. The van der Waals surface area contributed by atoms with Gasteiger partial charge < -0.3 is 15.2 Å². The van der Waals surface area contributed by atoms with Crippen LogP contribution in [0.5, 0.6) is 11.5 Å². The van der Waals surface area contributed by atoms with Crippen LogP contribution >= 0.6 is 0 Å². The smallest absolute Gasteiger partial charge is 0.161 e. The predicted molar refractivity (Wildman–Crippen MR) is 74.5 cm³/mol. The Morgan fingerprint density at radius 1 is 1.21 bits per heavy atom. The van der Waals surface area contributed by atoms with Crippen molar-refractivity contribution < 1.29 is 9.47 Å².